The molecule has 1 aliphatic heterocycles. The Bertz CT molecular complexity index is 479. The molecule has 1 aromatic carbocycles. The third-order valence-electron chi connectivity index (χ3n) is 4.48. The first-order valence-corrected chi connectivity index (χ1v) is 7.59. The SMILES string of the molecule is COC(=O)c1ccccc1CNCC1(C)CCN(C)CC1. The van der Waals surface area contributed by atoms with Gasteiger partial charge in [0.1, 0.15) is 0 Å². The third kappa shape index (κ3) is 4.29. The highest BCUT2D eigenvalue weighted by atomic mass is 16.5. The molecule has 0 radical (unpaired) electrons. The van der Waals surface area contributed by atoms with Gasteiger partial charge in [0.05, 0.1) is 12.7 Å². The molecule has 4 nitrogen and oxygen atoms in total. The Kier molecular flexibility index (Phi) is 5.37. The molecule has 1 heterocycles. The lowest BCUT2D eigenvalue weighted by molar-refractivity contribution is 0.0599. The van der Waals surface area contributed by atoms with Gasteiger partial charge in [-0.05, 0) is 50.0 Å². The zero-order valence-corrected chi connectivity index (χ0v) is 13.3. The number of methoxy groups -OCH3 is 1. The molecular formula is C17H26N2O2. The third-order valence-corrected chi connectivity index (χ3v) is 4.48. The van der Waals surface area contributed by atoms with Gasteiger partial charge in [-0.25, -0.2) is 4.79 Å². The number of nitrogens with one attached hydrogen (secondary N) is 1. The molecule has 0 spiro atoms. The maximum atomic E-state index is 11.7. The molecule has 0 aliphatic carbocycles. The molecule has 0 atom stereocenters. The van der Waals surface area contributed by atoms with Gasteiger partial charge in [0.2, 0.25) is 0 Å². The van der Waals surface area contributed by atoms with E-state index in [0.29, 0.717) is 17.5 Å². The summed E-state index contributed by atoms with van der Waals surface area (Å²) in [6.45, 7) is 6.36. The normalized spacial score (nSPS) is 18.4. The number of carbonyl (C=O) groups is 1. The van der Waals surface area contributed by atoms with Crippen LogP contribution in [0.25, 0.3) is 0 Å². The molecule has 1 saturated heterocycles. The van der Waals surface area contributed by atoms with Crippen molar-refractivity contribution in [1.29, 1.82) is 0 Å². The van der Waals surface area contributed by atoms with Gasteiger partial charge < -0.3 is 15.0 Å². The van der Waals surface area contributed by atoms with Crippen LogP contribution >= 0.6 is 0 Å². The van der Waals surface area contributed by atoms with Gasteiger partial charge >= 0.3 is 5.97 Å². The van der Waals surface area contributed by atoms with E-state index >= 15 is 0 Å². The minimum Gasteiger partial charge on any atom is -0.465 e. The van der Waals surface area contributed by atoms with Crippen LogP contribution in [0.5, 0.6) is 0 Å². The molecule has 116 valence electrons. The summed E-state index contributed by atoms with van der Waals surface area (Å²) < 4.78 is 4.83. The fourth-order valence-corrected chi connectivity index (χ4v) is 2.82. The van der Waals surface area contributed by atoms with E-state index in [2.05, 4.69) is 24.2 Å². The maximum absolute atomic E-state index is 11.7. The van der Waals surface area contributed by atoms with E-state index in [0.717, 1.165) is 25.2 Å². The lowest BCUT2D eigenvalue weighted by Crippen LogP contribution is -2.42. The minimum atomic E-state index is -0.266. The molecule has 1 fully saturated rings. The van der Waals surface area contributed by atoms with Crippen LogP contribution in [0.15, 0.2) is 24.3 Å². The highest BCUT2D eigenvalue weighted by Gasteiger charge is 2.28. The van der Waals surface area contributed by atoms with Gasteiger partial charge in [0, 0.05) is 13.1 Å². The number of hydrogen-bond donors (Lipinski definition) is 1. The second-order valence-corrected chi connectivity index (χ2v) is 6.37. The highest BCUT2D eigenvalue weighted by molar-refractivity contribution is 5.90. The van der Waals surface area contributed by atoms with E-state index in [1.54, 1.807) is 0 Å². The lowest BCUT2D eigenvalue weighted by Gasteiger charge is -2.38. The second-order valence-electron chi connectivity index (χ2n) is 6.37. The van der Waals surface area contributed by atoms with Crippen LogP contribution < -0.4 is 5.32 Å². The summed E-state index contributed by atoms with van der Waals surface area (Å²) in [5.41, 5.74) is 2.01. The number of likely N-dealkylation sites (tertiary alicyclic amines) is 1. The fraction of sp³-hybridized carbons (Fsp3) is 0.588. The van der Waals surface area contributed by atoms with Gasteiger partial charge in [-0.3, -0.25) is 0 Å². The molecule has 1 aromatic rings. The van der Waals surface area contributed by atoms with Crippen molar-refractivity contribution in [3.63, 3.8) is 0 Å². The number of benzene rings is 1. The molecule has 0 saturated carbocycles. The summed E-state index contributed by atoms with van der Waals surface area (Å²) in [6.07, 6.45) is 2.43. The summed E-state index contributed by atoms with van der Waals surface area (Å²) in [7, 11) is 3.60. The van der Waals surface area contributed by atoms with Crippen LogP contribution in [-0.4, -0.2) is 44.7 Å². The van der Waals surface area contributed by atoms with Crippen LogP contribution in [0.2, 0.25) is 0 Å². The summed E-state index contributed by atoms with van der Waals surface area (Å²) in [5, 5.41) is 3.52. The fourth-order valence-electron chi connectivity index (χ4n) is 2.82. The van der Waals surface area contributed by atoms with Crippen molar-refractivity contribution >= 4 is 5.97 Å². The van der Waals surface area contributed by atoms with Gasteiger partial charge in [-0.2, -0.15) is 0 Å². The smallest absolute Gasteiger partial charge is 0.338 e. The molecule has 0 bridgehead atoms. The second kappa shape index (κ2) is 7.05. The first kappa shape index (κ1) is 16.0. The average Bonchev–Trinajstić information content (AvgIpc) is 2.50. The van der Waals surface area contributed by atoms with Crippen molar-refractivity contribution in [2.75, 3.05) is 33.8 Å². The molecule has 21 heavy (non-hydrogen) atoms. The summed E-state index contributed by atoms with van der Waals surface area (Å²) in [6, 6.07) is 7.63. The summed E-state index contributed by atoms with van der Waals surface area (Å²) in [4.78, 5) is 14.1. The monoisotopic (exact) mass is 290 g/mol. The van der Waals surface area contributed by atoms with Gasteiger partial charge in [-0.15, -0.1) is 0 Å². The van der Waals surface area contributed by atoms with Crippen LogP contribution in [-0.2, 0) is 11.3 Å². The van der Waals surface area contributed by atoms with E-state index in [-0.39, 0.29) is 5.97 Å². The summed E-state index contributed by atoms with van der Waals surface area (Å²) in [5.74, 6) is -0.266. The first-order chi connectivity index (χ1) is 10.0. The van der Waals surface area contributed by atoms with E-state index in [4.69, 9.17) is 4.74 Å². The van der Waals surface area contributed by atoms with Crippen LogP contribution in [0.4, 0.5) is 0 Å². The maximum Gasteiger partial charge on any atom is 0.338 e. The van der Waals surface area contributed by atoms with Crippen molar-refractivity contribution in [2.24, 2.45) is 5.41 Å². The summed E-state index contributed by atoms with van der Waals surface area (Å²) >= 11 is 0. The van der Waals surface area contributed by atoms with Gasteiger partial charge in [0.15, 0.2) is 0 Å². The van der Waals surface area contributed by atoms with Gasteiger partial charge in [-0.1, -0.05) is 25.1 Å². The zero-order chi connectivity index (χ0) is 15.3. The number of ether oxygens (including phenoxy) is 1. The number of rotatable bonds is 5. The van der Waals surface area contributed by atoms with Gasteiger partial charge in [0.25, 0.3) is 0 Å². The number of piperidine rings is 1. The number of hydrogen-bond acceptors (Lipinski definition) is 4. The molecule has 4 heteroatoms. The van der Waals surface area contributed by atoms with Crippen molar-refractivity contribution in [2.45, 2.75) is 26.3 Å². The predicted molar refractivity (Wildman–Crippen MR) is 84.3 cm³/mol. The van der Waals surface area contributed by atoms with Crippen molar-refractivity contribution in [1.82, 2.24) is 10.2 Å². The standard InChI is InChI=1S/C17H26N2O2/c1-17(8-10-19(2)11-9-17)13-18-12-14-6-4-5-7-15(14)16(20)21-3/h4-7,18H,8-13H2,1-3H3. The predicted octanol–water partition coefficient (Wildman–Crippen LogP) is 2.29. The Labute approximate surface area is 127 Å². The molecular weight excluding hydrogens is 264 g/mol. The van der Waals surface area contributed by atoms with E-state index in [1.807, 2.05) is 24.3 Å². The van der Waals surface area contributed by atoms with Crippen LogP contribution in [0, 0.1) is 5.41 Å². The van der Waals surface area contributed by atoms with E-state index < -0.39 is 0 Å². The molecule has 1 N–H and O–H groups in total. The average molecular weight is 290 g/mol. The van der Waals surface area contributed by atoms with E-state index in [1.165, 1.54) is 20.0 Å². The Morgan fingerprint density at radius 2 is 2.00 bits per heavy atom. The quantitative estimate of drug-likeness (QED) is 0.845. The minimum absolute atomic E-state index is 0.266. The first-order valence-electron chi connectivity index (χ1n) is 7.59. The van der Waals surface area contributed by atoms with Crippen molar-refractivity contribution in [3.05, 3.63) is 35.4 Å². The number of nitrogens with zero attached hydrogens (tertiary/aromatic N) is 1. The largest absolute Gasteiger partial charge is 0.465 e. The van der Waals surface area contributed by atoms with Crippen molar-refractivity contribution in [3.8, 4) is 0 Å². The zero-order valence-electron chi connectivity index (χ0n) is 13.3. The van der Waals surface area contributed by atoms with Crippen molar-refractivity contribution < 1.29 is 9.53 Å². The Balaban J connectivity index is 1.90. The van der Waals surface area contributed by atoms with E-state index in [9.17, 15) is 4.79 Å². The molecule has 0 amide bonds. The Morgan fingerprint density at radius 1 is 1.33 bits per heavy atom. The number of carbonyl (C=O) groups excluding carboxylic acids is 1. The van der Waals surface area contributed by atoms with Crippen LogP contribution in [0.1, 0.15) is 35.7 Å². The molecule has 2 rings (SSSR count). The Morgan fingerprint density at radius 3 is 2.67 bits per heavy atom. The Hall–Kier alpha value is -1.39. The number of esters is 1. The topological polar surface area (TPSA) is 41.6 Å². The molecule has 1 aliphatic rings. The lowest BCUT2D eigenvalue weighted by atomic mass is 9.80. The van der Waals surface area contributed by atoms with Crippen LogP contribution in [0.3, 0.4) is 0 Å². The molecule has 0 unspecified atom stereocenters. The molecule has 0 aromatic heterocycles. The highest BCUT2D eigenvalue weighted by Crippen LogP contribution is 2.29.